The fourth-order valence-corrected chi connectivity index (χ4v) is 2.57. The van der Waals surface area contributed by atoms with Gasteiger partial charge in [-0.1, -0.05) is 55.2 Å². The van der Waals surface area contributed by atoms with Gasteiger partial charge in [-0.05, 0) is 48.0 Å². The maximum Gasteiger partial charge on any atom is 0.191 e. The first-order valence-electron chi connectivity index (χ1n) is 7.11. The molecule has 0 unspecified atom stereocenters. The van der Waals surface area contributed by atoms with Crippen LogP contribution in [0.1, 0.15) is 30.9 Å². The number of hydrogen-bond acceptors (Lipinski definition) is 2. The minimum Gasteiger partial charge on any atom is -0.331 e. The molecule has 0 atom stereocenters. The van der Waals surface area contributed by atoms with E-state index < -0.39 is 0 Å². The number of halogens is 2. The Morgan fingerprint density at radius 3 is 2.26 bits per heavy atom. The molecule has 6 heteroatoms. The molecule has 0 aliphatic rings. The van der Waals surface area contributed by atoms with Crippen LogP contribution in [0.15, 0.2) is 47.6 Å². The van der Waals surface area contributed by atoms with Crippen LogP contribution < -0.4 is 10.7 Å². The van der Waals surface area contributed by atoms with Gasteiger partial charge in [-0.15, -0.1) is 0 Å². The van der Waals surface area contributed by atoms with Crippen LogP contribution in [0.5, 0.6) is 0 Å². The van der Waals surface area contributed by atoms with Crippen LogP contribution in [-0.4, -0.2) is 11.3 Å². The van der Waals surface area contributed by atoms with Gasteiger partial charge in [-0.3, -0.25) is 5.43 Å². The number of benzene rings is 2. The Kier molecular flexibility index (Phi) is 6.39. The van der Waals surface area contributed by atoms with E-state index in [0.717, 1.165) is 5.69 Å². The molecule has 3 nitrogen and oxygen atoms in total. The maximum atomic E-state index is 6.06. The molecule has 0 amide bonds. The lowest BCUT2D eigenvalue weighted by atomic mass is 10.0. The Morgan fingerprint density at radius 1 is 1.09 bits per heavy atom. The zero-order chi connectivity index (χ0) is 16.8. The monoisotopic (exact) mass is 365 g/mol. The molecular weight excluding hydrogens is 349 g/mol. The topological polar surface area (TPSA) is 36.4 Å². The summed E-state index contributed by atoms with van der Waals surface area (Å²) in [6.45, 7) is 4.31. The summed E-state index contributed by atoms with van der Waals surface area (Å²) in [6, 6.07) is 13.4. The van der Waals surface area contributed by atoms with Crippen LogP contribution in [0, 0.1) is 0 Å². The average molecular weight is 366 g/mol. The fraction of sp³-hybridized carbons (Fsp3) is 0.176. The Labute approximate surface area is 151 Å². The second-order valence-electron chi connectivity index (χ2n) is 5.24. The van der Waals surface area contributed by atoms with Crippen LogP contribution >= 0.6 is 35.4 Å². The van der Waals surface area contributed by atoms with E-state index in [1.807, 2.05) is 12.1 Å². The number of rotatable bonds is 4. The van der Waals surface area contributed by atoms with Crippen molar-refractivity contribution in [3.63, 3.8) is 0 Å². The SMILES string of the molecule is CC(C)c1ccc(NC(=S)N/N=C/c2c(Cl)cccc2Cl)cc1. The van der Waals surface area contributed by atoms with Crippen molar-refractivity contribution in [3.8, 4) is 0 Å². The third-order valence-electron chi connectivity index (χ3n) is 3.19. The second-order valence-corrected chi connectivity index (χ2v) is 6.46. The lowest BCUT2D eigenvalue weighted by Crippen LogP contribution is -2.23. The van der Waals surface area contributed by atoms with Gasteiger partial charge in [0.2, 0.25) is 0 Å². The number of thiocarbonyl (C=S) groups is 1. The fourth-order valence-electron chi connectivity index (χ4n) is 1.90. The smallest absolute Gasteiger partial charge is 0.191 e. The van der Waals surface area contributed by atoms with Gasteiger partial charge in [0.1, 0.15) is 0 Å². The quantitative estimate of drug-likeness (QED) is 0.430. The minimum atomic E-state index is 0.390. The van der Waals surface area contributed by atoms with E-state index in [9.17, 15) is 0 Å². The summed E-state index contributed by atoms with van der Waals surface area (Å²) in [5, 5.41) is 8.58. The van der Waals surface area contributed by atoms with Crippen LogP contribution in [-0.2, 0) is 0 Å². The summed E-state index contributed by atoms with van der Waals surface area (Å²) < 4.78 is 0. The van der Waals surface area contributed by atoms with Gasteiger partial charge < -0.3 is 5.32 Å². The molecule has 0 heterocycles. The normalized spacial score (nSPS) is 11.0. The molecule has 0 aliphatic heterocycles. The molecule has 0 bridgehead atoms. The van der Waals surface area contributed by atoms with E-state index in [1.54, 1.807) is 24.4 Å². The zero-order valence-electron chi connectivity index (χ0n) is 12.8. The maximum absolute atomic E-state index is 6.06. The first-order chi connectivity index (χ1) is 11.0. The summed E-state index contributed by atoms with van der Waals surface area (Å²) in [5.41, 5.74) is 5.57. The van der Waals surface area contributed by atoms with Gasteiger partial charge in [0.25, 0.3) is 0 Å². The molecule has 2 aromatic carbocycles. The summed E-state index contributed by atoms with van der Waals surface area (Å²) in [7, 11) is 0. The van der Waals surface area contributed by atoms with Crippen molar-refractivity contribution in [2.75, 3.05) is 5.32 Å². The van der Waals surface area contributed by atoms with Crippen LogP contribution in [0.25, 0.3) is 0 Å². The third kappa shape index (κ3) is 5.20. The number of anilines is 1. The molecular formula is C17H17Cl2N3S. The number of hydrogen-bond donors (Lipinski definition) is 2. The van der Waals surface area contributed by atoms with E-state index >= 15 is 0 Å². The Morgan fingerprint density at radius 2 is 1.70 bits per heavy atom. The van der Waals surface area contributed by atoms with Gasteiger partial charge in [-0.25, -0.2) is 0 Å². The van der Waals surface area contributed by atoms with Gasteiger partial charge in [-0.2, -0.15) is 5.10 Å². The molecule has 0 radical (unpaired) electrons. The summed E-state index contributed by atoms with van der Waals surface area (Å²) in [4.78, 5) is 0. The Bertz CT molecular complexity index is 692. The molecule has 2 aromatic rings. The summed E-state index contributed by atoms with van der Waals surface area (Å²) >= 11 is 17.3. The summed E-state index contributed by atoms with van der Waals surface area (Å²) in [6.07, 6.45) is 1.54. The van der Waals surface area contributed by atoms with Crippen molar-refractivity contribution < 1.29 is 0 Å². The van der Waals surface area contributed by atoms with Crippen molar-refractivity contribution in [2.45, 2.75) is 19.8 Å². The molecule has 120 valence electrons. The number of hydrazone groups is 1. The standard InChI is InChI=1S/C17H17Cl2N3S/c1-11(2)12-6-8-13(9-7-12)21-17(23)22-20-10-14-15(18)4-3-5-16(14)19/h3-11H,1-2H3,(H2,21,22,23)/b20-10+. The lowest BCUT2D eigenvalue weighted by Gasteiger charge is -2.09. The molecule has 2 rings (SSSR count). The Hall–Kier alpha value is -1.62. The van der Waals surface area contributed by atoms with E-state index in [0.29, 0.717) is 26.6 Å². The molecule has 0 fully saturated rings. The van der Waals surface area contributed by atoms with Crippen molar-refractivity contribution in [1.82, 2.24) is 5.43 Å². The first-order valence-corrected chi connectivity index (χ1v) is 8.28. The van der Waals surface area contributed by atoms with Crippen molar-refractivity contribution in [2.24, 2.45) is 5.10 Å². The van der Waals surface area contributed by atoms with Gasteiger partial charge in [0.05, 0.1) is 16.3 Å². The zero-order valence-corrected chi connectivity index (χ0v) is 15.1. The van der Waals surface area contributed by atoms with E-state index in [1.165, 1.54) is 5.56 Å². The van der Waals surface area contributed by atoms with E-state index in [-0.39, 0.29) is 0 Å². The van der Waals surface area contributed by atoms with Crippen LogP contribution in [0.2, 0.25) is 10.0 Å². The number of nitrogens with one attached hydrogen (secondary N) is 2. The minimum absolute atomic E-state index is 0.390. The molecule has 0 saturated heterocycles. The van der Waals surface area contributed by atoms with E-state index in [2.05, 4.69) is 41.8 Å². The molecule has 23 heavy (non-hydrogen) atoms. The summed E-state index contributed by atoms with van der Waals surface area (Å²) in [5.74, 6) is 0.499. The van der Waals surface area contributed by atoms with Crippen LogP contribution in [0.3, 0.4) is 0 Å². The second kappa shape index (κ2) is 8.29. The third-order valence-corrected chi connectivity index (χ3v) is 4.05. The molecule has 0 spiro atoms. The largest absolute Gasteiger partial charge is 0.331 e. The van der Waals surface area contributed by atoms with Crippen molar-refractivity contribution in [1.29, 1.82) is 0 Å². The molecule has 0 saturated carbocycles. The van der Waals surface area contributed by atoms with Gasteiger partial charge in [0.15, 0.2) is 5.11 Å². The highest BCUT2D eigenvalue weighted by molar-refractivity contribution is 7.80. The molecule has 0 aromatic heterocycles. The molecule has 2 N–H and O–H groups in total. The first kappa shape index (κ1) is 17.7. The van der Waals surface area contributed by atoms with Crippen LogP contribution in [0.4, 0.5) is 5.69 Å². The van der Waals surface area contributed by atoms with E-state index in [4.69, 9.17) is 35.4 Å². The lowest BCUT2D eigenvalue weighted by molar-refractivity contribution is 0.867. The number of nitrogens with zero attached hydrogens (tertiary/aromatic N) is 1. The van der Waals surface area contributed by atoms with Crippen molar-refractivity contribution in [3.05, 3.63) is 63.6 Å². The predicted octanol–water partition coefficient (Wildman–Crippen LogP) is 5.44. The Balaban J connectivity index is 1.93. The van der Waals surface area contributed by atoms with Gasteiger partial charge in [0, 0.05) is 11.3 Å². The van der Waals surface area contributed by atoms with Gasteiger partial charge >= 0.3 is 0 Å². The highest BCUT2D eigenvalue weighted by Gasteiger charge is 2.03. The van der Waals surface area contributed by atoms with Crippen molar-refractivity contribution >= 4 is 52.4 Å². The highest BCUT2D eigenvalue weighted by Crippen LogP contribution is 2.22. The highest BCUT2D eigenvalue weighted by atomic mass is 35.5. The molecule has 0 aliphatic carbocycles. The predicted molar refractivity (Wildman–Crippen MR) is 104 cm³/mol. The average Bonchev–Trinajstić information content (AvgIpc) is 2.51.